The summed E-state index contributed by atoms with van der Waals surface area (Å²) in [7, 11) is 0. The van der Waals surface area contributed by atoms with E-state index in [2.05, 4.69) is 19.7 Å². The number of rotatable bonds is 6. The molecule has 63 valence electrons. The molecule has 0 unspecified atom stereocenters. The standard InChI is InChI=1S/3C3H5.CH3.Li.Sn/c3*1-3-2;;;/h3*3H,1-2H2;1H3;;/q;;;-1;+1;. The zero-order valence-corrected chi connectivity index (χ0v) is 11.3. The average molecular weight is 264 g/mol. The Kier molecular flexibility index (Phi) is 21.7. The summed E-state index contributed by atoms with van der Waals surface area (Å²) in [6, 6.07) is 0. The summed E-state index contributed by atoms with van der Waals surface area (Å²) >= 11 is -1.11. The van der Waals surface area contributed by atoms with Gasteiger partial charge in [-0.3, -0.25) is 0 Å². The van der Waals surface area contributed by atoms with E-state index in [-0.39, 0.29) is 26.3 Å². The van der Waals surface area contributed by atoms with E-state index in [1.54, 1.807) is 0 Å². The van der Waals surface area contributed by atoms with Crippen molar-refractivity contribution >= 4 is 19.8 Å². The summed E-state index contributed by atoms with van der Waals surface area (Å²) in [6.45, 7) is 11.2. The molecule has 0 rings (SSSR count). The van der Waals surface area contributed by atoms with Gasteiger partial charge in [0.1, 0.15) is 0 Å². The largest absolute Gasteiger partial charge is 1.00 e. The van der Waals surface area contributed by atoms with Gasteiger partial charge in [-0.15, -0.1) is 0 Å². The number of hydrogen-bond acceptors (Lipinski definition) is 0. The maximum atomic E-state index is 3.75. The third kappa shape index (κ3) is 10.6. The maximum absolute atomic E-state index is 3.75. The summed E-state index contributed by atoms with van der Waals surface area (Å²) in [5.74, 6) is 0. The van der Waals surface area contributed by atoms with Crippen LogP contribution in [0.2, 0.25) is 13.3 Å². The van der Waals surface area contributed by atoms with Crippen molar-refractivity contribution in [2.24, 2.45) is 0 Å². The van der Waals surface area contributed by atoms with Gasteiger partial charge in [0.15, 0.2) is 0 Å². The van der Waals surface area contributed by atoms with Crippen molar-refractivity contribution in [1.29, 1.82) is 0 Å². The summed E-state index contributed by atoms with van der Waals surface area (Å²) in [5.41, 5.74) is 0. The predicted octanol–water partition coefficient (Wildman–Crippen LogP) is 0.493. The van der Waals surface area contributed by atoms with Crippen molar-refractivity contribution in [2.75, 3.05) is 0 Å². The van der Waals surface area contributed by atoms with Gasteiger partial charge in [0.05, 0.1) is 0 Å². The van der Waals surface area contributed by atoms with E-state index in [1.807, 2.05) is 18.2 Å². The van der Waals surface area contributed by atoms with Crippen molar-refractivity contribution < 1.29 is 18.9 Å². The maximum Gasteiger partial charge on any atom is 1.00 e. The Hall–Kier alpha value is 0.616. The Balaban J connectivity index is -0.000000405. The average Bonchev–Trinajstić information content (AvgIpc) is 1.90. The van der Waals surface area contributed by atoms with Crippen molar-refractivity contribution in [3.05, 3.63) is 45.4 Å². The zero-order valence-electron chi connectivity index (χ0n) is 8.47. The quantitative estimate of drug-likeness (QED) is 0.372. The summed E-state index contributed by atoms with van der Waals surface area (Å²) in [5, 5.41) is 0. The van der Waals surface area contributed by atoms with Gasteiger partial charge in [0.25, 0.3) is 0 Å². The fourth-order valence-corrected chi connectivity index (χ4v) is 5.78. The molecule has 0 amide bonds. The Morgan fingerprint density at radius 3 is 1.25 bits per heavy atom. The van der Waals surface area contributed by atoms with Crippen LogP contribution in [-0.4, -0.2) is 19.8 Å². The van der Waals surface area contributed by atoms with Crippen LogP contribution in [0.5, 0.6) is 0 Å². The van der Waals surface area contributed by atoms with E-state index in [0.717, 1.165) is 0 Å². The van der Waals surface area contributed by atoms with Gasteiger partial charge in [-0.1, -0.05) is 0 Å². The van der Waals surface area contributed by atoms with Crippen LogP contribution in [0.3, 0.4) is 0 Å². The first-order valence-corrected chi connectivity index (χ1v) is 9.56. The molecule has 0 aromatic heterocycles. The third-order valence-electron chi connectivity index (χ3n) is 1.30. The van der Waals surface area contributed by atoms with Gasteiger partial charge in [0, 0.05) is 0 Å². The zero-order chi connectivity index (χ0) is 7.82. The molecule has 0 spiro atoms. The van der Waals surface area contributed by atoms with Crippen LogP contribution >= 0.6 is 0 Å². The van der Waals surface area contributed by atoms with Gasteiger partial charge in [-0.25, -0.2) is 0 Å². The van der Waals surface area contributed by atoms with Crippen molar-refractivity contribution in [3.8, 4) is 0 Å². The molecule has 0 saturated carbocycles. The topological polar surface area (TPSA) is 0 Å². The van der Waals surface area contributed by atoms with Gasteiger partial charge in [0.2, 0.25) is 0 Å². The summed E-state index contributed by atoms with van der Waals surface area (Å²) < 4.78 is 3.79. The smallest absolute Gasteiger partial charge is 0.358 e. The van der Waals surface area contributed by atoms with E-state index < -0.39 is 19.8 Å². The second kappa shape index (κ2) is 14.2. The Morgan fingerprint density at radius 1 is 0.833 bits per heavy atom. The van der Waals surface area contributed by atoms with E-state index >= 15 is 0 Å². The number of allylic oxidation sites excluding steroid dienone is 3. The van der Waals surface area contributed by atoms with Crippen LogP contribution in [0, 0.1) is 7.43 Å². The van der Waals surface area contributed by atoms with E-state index in [0.29, 0.717) is 0 Å². The van der Waals surface area contributed by atoms with E-state index in [4.69, 9.17) is 0 Å². The monoisotopic (exact) mass is 265 g/mol. The molecular weight excluding hydrogens is 246 g/mol. The first kappa shape index (κ1) is 18.4. The third-order valence-corrected chi connectivity index (χ3v) is 8.71. The molecular formula is C10H18LiSn. The molecule has 0 saturated heterocycles. The Labute approximate surface area is 96.7 Å². The van der Waals surface area contributed by atoms with E-state index in [9.17, 15) is 0 Å². The van der Waals surface area contributed by atoms with Crippen LogP contribution in [0.25, 0.3) is 0 Å². The van der Waals surface area contributed by atoms with E-state index in [1.165, 1.54) is 13.3 Å². The van der Waals surface area contributed by atoms with Crippen molar-refractivity contribution in [2.45, 2.75) is 13.3 Å². The first-order chi connectivity index (χ1) is 4.85. The molecule has 2 heteroatoms. The second-order valence-electron chi connectivity index (χ2n) is 2.23. The van der Waals surface area contributed by atoms with Gasteiger partial charge < -0.3 is 7.43 Å². The molecule has 0 bridgehead atoms. The number of hydrogen-bond donors (Lipinski definition) is 0. The minimum atomic E-state index is -1.11. The minimum absolute atomic E-state index is 0. The van der Waals surface area contributed by atoms with Gasteiger partial charge in [-0.05, 0) is 0 Å². The summed E-state index contributed by atoms with van der Waals surface area (Å²) in [4.78, 5) is 0. The molecule has 0 aliphatic heterocycles. The minimum Gasteiger partial charge on any atom is -0.358 e. The molecule has 12 heavy (non-hydrogen) atoms. The molecule has 0 aromatic carbocycles. The van der Waals surface area contributed by atoms with Crippen LogP contribution < -0.4 is 18.9 Å². The SMILES string of the molecule is C=C[CH2][Sn]([CH2]C=C)[CH2]C=C.[CH3-].[Li+]. The fourth-order valence-electron chi connectivity index (χ4n) is 0.862. The first-order valence-electron chi connectivity index (χ1n) is 3.51. The second-order valence-corrected chi connectivity index (χ2v) is 10.0. The van der Waals surface area contributed by atoms with Crippen LogP contribution in [-0.2, 0) is 0 Å². The Bertz CT molecular complexity index is 97.2. The van der Waals surface area contributed by atoms with Crippen LogP contribution in [0.4, 0.5) is 0 Å². The normalized spacial score (nSPS) is 7.75. The van der Waals surface area contributed by atoms with Gasteiger partial charge in [-0.2, -0.15) is 0 Å². The molecule has 0 aliphatic carbocycles. The summed E-state index contributed by atoms with van der Waals surface area (Å²) in [6.07, 6.45) is 6.13. The predicted molar refractivity (Wildman–Crippen MR) is 57.2 cm³/mol. The molecule has 0 nitrogen and oxygen atoms in total. The van der Waals surface area contributed by atoms with Gasteiger partial charge >= 0.3 is 89.9 Å². The molecule has 0 aliphatic rings. The molecule has 1 radical (unpaired) electrons. The van der Waals surface area contributed by atoms with Crippen molar-refractivity contribution in [1.82, 2.24) is 0 Å². The molecule has 0 aromatic rings. The molecule has 0 fully saturated rings. The van der Waals surface area contributed by atoms with Crippen LogP contribution in [0.1, 0.15) is 0 Å². The molecule has 0 atom stereocenters. The fraction of sp³-hybridized carbons (Fsp3) is 0.300. The Morgan fingerprint density at radius 2 is 1.08 bits per heavy atom. The molecule has 0 N–H and O–H groups in total. The van der Waals surface area contributed by atoms with Crippen LogP contribution in [0.15, 0.2) is 38.0 Å². The molecule has 0 heterocycles. The van der Waals surface area contributed by atoms with Crippen molar-refractivity contribution in [3.63, 3.8) is 0 Å².